The molecule has 0 aliphatic heterocycles. The van der Waals surface area contributed by atoms with Crippen LogP contribution in [-0.2, 0) is 19.1 Å². The zero-order valence-electron chi connectivity index (χ0n) is 30.3. The number of ether oxygens (including phenoxy) is 2. The summed E-state index contributed by atoms with van der Waals surface area (Å²) in [6, 6.07) is 0. The molecule has 0 heterocycles. The van der Waals surface area contributed by atoms with E-state index in [-0.39, 0.29) is 25.9 Å². The van der Waals surface area contributed by atoms with Gasteiger partial charge < -0.3 is 29.9 Å². The van der Waals surface area contributed by atoms with Gasteiger partial charge in [-0.2, -0.15) is 0 Å². The van der Waals surface area contributed by atoms with Gasteiger partial charge in [0.2, 0.25) is 0 Å². The van der Waals surface area contributed by atoms with Crippen LogP contribution in [0.1, 0.15) is 155 Å². The highest BCUT2D eigenvalue weighted by Crippen LogP contribution is 2.14. The lowest BCUT2D eigenvalue weighted by atomic mass is 10.0. The van der Waals surface area contributed by atoms with E-state index in [9.17, 15) is 30.0 Å². The predicted octanol–water partition coefficient (Wildman–Crippen LogP) is 8.36. The Balaban J connectivity index is 3.93. The summed E-state index contributed by atoms with van der Waals surface area (Å²) in [7, 11) is 0. The molecular formula is C40H70O8. The van der Waals surface area contributed by atoms with Crippen molar-refractivity contribution >= 4 is 11.9 Å². The highest BCUT2D eigenvalue weighted by atomic mass is 16.6. The molecule has 8 nitrogen and oxygen atoms in total. The molecule has 0 aromatic heterocycles. The highest BCUT2D eigenvalue weighted by molar-refractivity contribution is 5.70. The molecule has 0 rings (SSSR count). The number of esters is 2. The molecule has 0 aliphatic rings. The van der Waals surface area contributed by atoms with Crippen molar-refractivity contribution < 1.29 is 39.5 Å². The Kier molecular flexibility index (Phi) is 33.0. The Morgan fingerprint density at radius 1 is 0.562 bits per heavy atom. The molecule has 0 aromatic rings. The maximum absolute atomic E-state index is 12.1. The molecule has 0 saturated carbocycles. The number of aliphatic hydroxyl groups is 4. The van der Waals surface area contributed by atoms with Gasteiger partial charge in [0.15, 0.2) is 6.10 Å². The molecule has 0 bridgehead atoms. The number of carbonyl (C=O) groups is 2. The number of aliphatic hydroxyl groups excluding tert-OH is 4. The van der Waals surface area contributed by atoms with Crippen molar-refractivity contribution in [3.63, 3.8) is 0 Å². The maximum atomic E-state index is 12.1. The smallest absolute Gasteiger partial charge is 0.306 e. The summed E-state index contributed by atoms with van der Waals surface area (Å²) >= 11 is 0. The van der Waals surface area contributed by atoms with Crippen LogP contribution in [0, 0.1) is 0 Å². The molecule has 0 saturated heterocycles. The molecule has 0 aliphatic carbocycles. The Hall–Kier alpha value is -2.26. The van der Waals surface area contributed by atoms with E-state index in [1.165, 1.54) is 76.7 Å². The lowest BCUT2D eigenvalue weighted by Crippen LogP contribution is -2.28. The number of carbonyl (C=O) groups excluding carboxylic acids is 2. The van der Waals surface area contributed by atoms with Crippen molar-refractivity contribution in [3.05, 3.63) is 48.6 Å². The summed E-state index contributed by atoms with van der Waals surface area (Å²) < 4.78 is 10.4. The van der Waals surface area contributed by atoms with Gasteiger partial charge in [0, 0.05) is 12.8 Å². The van der Waals surface area contributed by atoms with Crippen LogP contribution in [0.15, 0.2) is 48.6 Å². The third-order valence-corrected chi connectivity index (χ3v) is 8.24. The fraction of sp³-hybridized carbons (Fsp3) is 0.750. The number of unbranched alkanes of at least 4 members (excludes halogenated alkanes) is 15. The Labute approximate surface area is 292 Å². The zero-order valence-corrected chi connectivity index (χ0v) is 30.3. The number of allylic oxidation sites excluding steroid dienone is 6. The SMILES string of the molecule is CCCCCCCCCCCCCCCCC(=O)O[C@@H](CO)COC(=O)CCC[C@@H](O)[C@H](O)/C=C/C=C/C=C\C=C\[C@H](O)CCCCC. The van der Waals surface area contributed by atoms with Crippen LogP contribution in [0.25, 0.3) is 0 Å². The van der Waals surface area contributed by atoms with Crippen molar-refractivity contribution in [1.29, 1.82) is 0 Å². The maximum Gasteiger partial charge on any atom is 0.306 e. The Bertz CT molecular complexity index is 865. The largest absolute Gasteiger partial charge is 0.462 e. The zero-order chi connectivity index (χ0) is 35.5. The lowest BCUT2D eigenvalue weighted by molar-refractivity contribution is -0.161. The molecule has 4 N–H and O–H groups in total. The van der Waals surface area contributed by atoms with Crippen molar-refractivity contribution in [1.82, 2.24) is 0 Å². The van der Waals surface area contributed by atoms with Crippen LogP contribution >= 0.6 is 0 Å². The van der Waals surface area contributed by atoms with Gasteiger partial charge in [-0.1, -0.05) is 165 Å². The molecule has 0 amide bonds. The standard InChI is InChI=1S/C40H70O8/c1-3-5-7-8-9-10-11-12-13-14-15-16-21-25-31-40(46)48-36(33-41)34-47-39(45)32-26-30-38(44)37(43)29-24-20-18-17-19-23-28-35(42)27-22-6-4-2/h17-20,23-24,28-29,35-38,41-44H,3-16,21-22,25-27,30-34H2,1-2H3/b19-17-,20-18+,28-23+,29-24+/t35-,36+,37-,38-/m1/s1. The molecule has 48 heavy (non-hydrogen) atoms. The van der Waals surface area contributed by atoms with Gasteiger partial charge in [0.1, 0.15) is 6.61 Å². The minimum absolute atomic E-state index is 0.0319. The van der Waals surface area contributed by atoms with E-state index in [0.717, 1.165) is 44.9 Å². The number of rotatable bonds is 33. The molecule has 0 fully saturated rings. The average molecular weight is 679 g/mol. The van der Waals surface area contributed by atoms with Crippen molar-refractivity contribution in [2.45, 2.75) is 180 Å². The van der Waals surface area contributed by atoms with Crippen LogP contribution in [0.3, 0.4) is 0 Å². The first-order valence-electron chi connectivity index (χ1n) is 19.0. The quantitative estimate of drug-likeness (QED) is 0.0309. The van der Waals surface area contributed by atoms with Gasteiger partial charge in [-0.05, 0) is 25.7 Å². The summed E-state index contributed by atoms with van der Waals surface area (Å²) in [4.78, 5) is 24.2. The summed E-state index contributed by atoms with van der Waals surface area (Å²) in [6.07, 6.45) is 32.5. The lowest BCUT2D eigenvalue weighted by Gasteiger charge is -2.16. The summed E-state index contributed by atoms with van der Waals surface area (Å²) in [6.45, 7) is 3.73. The van der Waals surface area contributed by atoms with Crippen molar-refractivity contribution in [2.24, 2.45) is 0 Å². The normalized spacial score (nSPS) is 14.7. The van der Waals surface area contributed by atoms with Crippen LogP contribution in [0.2, 0.25) is 0 Å². The van der Waals surface area contributed by atoms with E-state index < -0.39 is 43.0 Å². The second-order valence-electron chi connectivity index (χ2n) is 12.9. The Morgan fingerprint density at radius 3 is 1.60 bits per heavy atom. The highest BCUT2D eigenvalue weighted by Gasteiger charge is 2.17. The van der Waals surface area contributed by atoms with Gasteiger partial charge in [-0.3, -0.25) is 9.59 Å². The second kappa shape index (κ2) is 34.6. The van der Waals surface area contributed by atoms with Gasteiger partial charge in [0.25, 0.3) is 0 Å². The van der Waals surface area contributed by atoms with Crippen LogP contribution in [0.5, 0.6) is 0 Å². The Morgan fingerprint density at radius 2 is 1.04 bits per heavy atom. The molecule has 8 heteroatoms. The molecule has 0 aromatic carbocycles. The van der Waals surface area contributed by atoms with E-state index in [0.29, 0.717) is 6.42 Å². The van der Waals surface area contributed by atoms with Crippen LogP contribution < -0.4 is 0 Å². The predicted molar refractivity (Wildman–Crippen MR) is 195 cm³/mol. The summed E-state index contributed by atoms with van der Waals surface area (Å²) in [5.74, 6) is -0.920. The minimum Gasteiger partial charge on any atom is -0.462 e. The second-order valence-corrected chi connectivity index (χ2v) is 12.9. The third kappa shape index (κ3) is 31.0. The molecule has 278 valence electrons. The van der Waals surface area contributed by atoms with Crippen LogP contribution in [-0.4, -0.2) is 70.0 Å². The fourth-order valence-corrected chi connectivity index (χ4v) is 5.17. The average Bonchev–Trinajstić information content (AvgIpc) is 3.07. The summed E-state index contributed by atoms with van der Waals surface area (Å²) in [5.41, 5.74) is 0. The first-order valence-corrected chi connectivity index (χ1v) is 19.0. The third-order valence-electron chi connectivity index (χ3n) is 8.24. The van der Waals surface area contributed by atoms with Crippen molar-refractivity contribution in [2.75, 3.05) is 13.2 Å². The van der Waals surface area contributed by atoms with E-state index in [1.807, 2.05) is 6.08 Å². The van der Waals surface area contributed by atoms with E-state index in [1.54, 1.807) is 36.5 Å². The molecule has 0 radical (unpaired) electrons. The van der Waals surface area contributed by atoms with E-state index >= 15 is 0 Å². The van der Waals surface area contributed by atoms with Gasteiger partial charge in [-0.25, -0.2) is 0 Å². The molecular weight excluding hydrogens is 608 g/mol. The van der Waals surface area contributed by atoms with Gasteiger partial charge >= 0.3 is 11.9 Å². The number of hydrogen-bond acceptors (Lipinski definition) is 8. The minimum atomic E-state index is -1.08. The van der Waals surface area contributed by atoms with Gasteiger partial charge in [0.05, 0.1) is 24.9 Å². The van der Waals surface area contributed by atoms with Crippen molar-refractivity contribution in [3.8, 4) is 0 Å². The van der Waals surface area contributed by atoms with Crippen LogP contribution in [0.4, 0.5) is 0 Å². The molecule has 4 atom stereocenters. The monoisotopic (exact) mass is 679 g/mol. The molecule has 0 spiro atoms. The first kappa shape index (κ1) is 45.7. The number of hydrogen-bond donors (Lipinski definition) is 4. The summed E-state index contributed by atoms with van der Waals surface area (Å²) in [5, 5.41) is 39.7. The first-order chi connectivity index (χ1) is 23.3. The fourth-order valence-electron chi connectivity index (χ4n) is 5.17. The molecule has 0 unspecified atom stereocenters. The van der Waals surface area contributed by atoms with E-state index in [4.69, 9.17) is 9.47 Å². The van der Waals surface area contributed by atoms with Gasteiger partial charge in [-0.15, -0.1) is 0 Å². The van der Waals surface area contributed by atoms with E-state index in [2.05, 4.69) is 13.8 Å². The topological polar surface area (TPSA) is 134 Å².